The van der Waals surface area contributed by atoms with Crippen molar-refractivity contribution in [3.8, 4) is 0 Å². The van der Waals surface area contributed by atoms with Gasteiger partial charge in [0.1, 0.15) is 0 Å². The molecule has 0 spiro atoms. The van der Waals surface area contributed by atoms with Gasteiger partial charge in [-0.05, 0) is 37.5 Å². The van der Waals surface area contributed by atoms with Gasteiger partial charge in [-0.1, -0.05) is 31.9 Å². The molecular weight excluding hydrogens is 212 g/mol. The highest BCUT2D eigenvalue weighted by atomic mass is 16.2. The van der Waals surface area contributed by atoms with E-state index >= 15 is 0 Å². The number of nitrogens with one attached hydrogen (secondary N) is 1. The Hall–Kier alpha value is -1.35. The second-order valence-corrected chi connectivity index (χ2v) is 4.43. The van der Waals surface area contributed by atoms with Crippen LogP contribution in [0.3, 0.4) is 0 Å². The van der Waals surface area contributed by atoms with Gasteiger partial charge >= 0.3 is 0 Å². The minimum atomic E-state index is -0.473. The van der Waals surface area contributed by atoms with Crippen molar-refractivity contribution in [2.75, 3.05) is 5.32 Å². The first-order chi connectivity index (χ1) is 8.13. The van der Waals surface area contributed by atoms with Gasteiger partial charge in [0.05, 0.1) is 6.04 Å². The molecule has 17 heavy (non-hydrogen) atoms. The zero-order chi connectivity index (χ0) is 12.7. The first-order valence-electron chi connectivity index (χ1n) is 6.29. The van der Waals surface area contributed by atoms with Crippen molar-refractivity contribution >= 4 is 11.6 Å². The molecule has 1 rings (SSSR count). The molecule has 0 aromatic heterocycles. The van der Waals surface area contributed by atoms with E-state index in [1.807, 2.05) is 12.1 Å². The molecule has 0 aliphatic carbocycles. The highest BCUT2D eigenvalue weighted by Crippen LogP contribution is 2.12. The first kappa shape index (κ1) is 13.7. The number of carbonyl (C=O) groups excluding carboxylic acids is 1. The van der Waals surface area contributed by atoms with Gasteiger partial charge in [0, 0.05) is 5.69 Å². The second kappa shape index (κ2) is 7.07. The summed E-state index contributed by atoms with van der Waals surface area (Å²) < 4.78 is 0. The fourth-order valence-electron chi connectivity index (χ4n) is 1.59. The number of amides is 1. The Bertz CT molecular complexity index is 344. The van der Waals surface area contributed by atoms with E-state index in [1.54, 1.807) is 6.92 Å². The summed E-state index contributed by atoms with van der Waals surface area (Å²) in [4.78, 5) is 11.4. The summed E-state index contributed by atoms with van der Waals surface area (Å²) in [5, 5.41) is 2.77. The summed E-state index contributed by atoms with van der Waals surface area (Å²) in [5.41, 5.74) is 7.61. The van der Waals surface area contributed by atoms with Crippen molar-refractivity contribution in [1.29, 1.82) is 0 Å². The highest BCUT2D eigenvalue weighted by molar-refractivity contribution is 5.94. The van der Waals surface area contributed by atoms with Crippen LogP contribution in [0.1, 0.15) is 38.7 Å². The Morgan fingerprint density at radius 1 is 1.29 bits per heavy atom. The predicted molar refractivity (Wildman–Crippen MR) is 72.0 cm³/mol. The third-order valence-corrected chi connectivity index (χ3v) is 2.70. The molecule has 0 unspecified atom stereocenters. The van der Waals surface area contributed by atoms with Gasteiger partial charge in [-0.3, -0.25) is 4.79 Å². The van der Waals surface area contributed by atoms with Gasteiger partial charge in [0.25, 0.3) is 0 Å². The van der Waals surface area contributed by atoms with Gasteiger partial charge < -0.3 is 11.1 Å². The molecule has 0 fully saturated rings. The summed E-state index contributed by atoms with van der Waals surface area (Å²) in [6.07, 6.45) is 4.84. The number of hydrogen-bond donors (Lipinski definition) is 2. The van der Waals surface area contributed by atoms with Crippen molar-refractivity contribution in [2.24, 2.45) is 5.73 Å². The number of benzene rings is 1. The van der Waals surface area contributed by atoms with Crippen molar-refractivity contribution < 1.29 is 4.79 Å². The maximum Gasteiger partial charge on any atom is 0.240 e. The number of carbonyl (C=O) groups is 1. The van der Waals surface area contributed by atoms with Crippen molar-refractivity contribution in [3.05, 3.63) is 29.8 Å². The maximum absolute atomic E-state index is 11.4. The van der Waals surface area contributed by atoms with Crippen LogP contribution in [-0.2, 0) is 11.2 Å². The van der Waals surface area contributed by atoms with Gasteiger partial charge in [-0.25, -0.2) is 0 Å². The topological polar surface area (TPSA) is 55.1 Å². The molecule has 3 N–H and O–H groups in total. The molecule has 1 amide bonds. The molecule has 0 aliphatic heterocycles. The average molecular weight is 234 g/mol. The van der Waals surface area contributed by atoms with Gasteiger partial charge in [0.2, 0.25) is 5.91 Å². The zero-order valence-electron chi connectivity index (χ0n) is 10.7. The SMILES string of the molecule is CCCCCc1ccc(NC(=O)[C@H](C)N)cc1. The summed E-state index contributed by atoms with van der Waals surface area (Å²) in [6.45, 7) is 3.88. The Balaban J connectivity index is 2.47. The Kier molecular flexibility index (Phi) is 5.70. The minimum Gasteiger partial charge on any atom is -0.325 e. The van der Waals surface area contributed by atoms with E-state index in [4.69, 9.17) is 5.73 Å². The van der Waals surface area contributed by atoms with Crippen LogP contribution in [0.15, 0.2) is 24.3 Å². The molecule has 3 nitrogen and oxygen atoms in total. The maximum atomic E-state index is 11.4. The molecule has 0 heterocycles. The third-order valence-electron chi connectivity index (χ3n) is 2.70. The summed E-state index contributed by atoms with van der Waals surface area (Å²) in [5.74, 6) is -0.149. The third kappa shape index (κ3) is 5.00. The second-order valence-electron chi connectivity index (χ2n) is 4.43. The lowest BCUT2D eigenvalue weighted by atomic mass is 10.1. The fourth-order valence-corrected chi connectivity index (χ4v) is 1.59. The van der Waals surface area contributed by atoms with E-state index in [2.05, 4.69) is 24.4 Å². The normalized spacial score (nSPS) is 12.2. The number of nitrogens with two attached hydrogens (primary N) is 1. The van der Waals surface area contributed by atoms with Crippen LogP contribution in [0.25, 0.3) is 0 Å². The monoisotopic (exact) mass is 234 g/mol. The number of hydrogen-bond acceptors (Lipinski definition) is 2. The number of unbranched alkanes of at least 4 members (excludes halogenated alkanes) is 2. The largest absolute Gasteiger partial charge is 0.325 e. The first-order valence-corrected chi connectivity index (χ1v) is 6.29. The van der Waals surface area contributed by atoms with E-state index in [0.717, 1.165) is 12.1 Å². The van der Waals surface area contributed by atoms with Crippen molar-refractivity contribution in [3.63, 3.8) is 0 Å². The van der Waals surface area contributed by atoms with Crippen LogP contribution < -0.4 is 11.1 Å². The van der Waals surface area contributed by atoms with E-state index < -0.39 is 6.04 Å². The van der Waals surface area contributed by atoms with Crippen LogP contribution in [-0.4, -0.2) is 11.9 Å². The molecule has 1 aromatic rings. The molecule has 0 bridgehead atoms. The molecule has 0 radical (unpaired) electrons. The predicted octanol–water partition coefficient (Wildman–Crippen LogP) is 2.71. The van der Waals surface area contributed by atoms with E-state index in [1.165, 1.54) is 24.8 Å². The minimum absolute atomic E-state index is 0.149. The van der Waals surface area contributed by atoms with E-state index in [9.17, 15) is 4.79 Å². The van der Waals surface area contributed by atoms with Crippen LogP contribution in [0.2, 0.25) is 0 Å². The summed E-state index contributed by atoms with van der Waals surface area (Å²) in [6, 6.07) is 7.52. The Labute approximate surface area is 103 Å². The number of aryl methyl sites for hydroxylation is 1. The standard InChI is InChI=1S/C14H22N2O/c1-3-4-5-6-12-7-9-13(10-8-12)16-14(17)11(2)15/h7-11H,3-6,15H2,1-2H3,(H,16,17)/t11-/m0/s1. The molecular formula is C14H22N2O. The fraction of sp³-hybridized carbons (Fsp3) is 0.500. The van der Waals surface area contributed by atoms with Crippen LogP contribution in [0, 0.1) is 0 Å². The van der Waals surface area contributed by atoms with Crippen LogP contribution in [0.5, 0.6) is 0 Å². The van der Waals surface area contributed by atoms with Crippen molar-refractivity contribution in [1.82, 2.24) is 0 Å². The lowest BCUT2D eigenvalue weighted by molar-refractivity contribution is -0.117. The van der Waals surface area contributed by atoms with Gasteiger partial charge in [-0.15, -0.1) is 0 Å². The van der Waals surface area contributed by atoms with E-state index in [-0.39, 0.29) is 5.91 Å². The van der Waals surface area contributed by atoms with Crippen molar-refractivity contribution in [2.45, 2.75) is 45.6 Å². The zero-order valence-corrected chi connectivity index (χ0v) is 10.7. The molecule has 1 atom stereocenters. The van der Waals surface area contributed by atoms with E-state index in [0.29, 0.717) is 0 Å². The average Bonchev–Trinajstić information content (AvgIpc) is 2.31. The summed E-state index contributed by atoms with van der Waals surface area (Å²) >= 11 is 0. The molecule has 0 saturated carbocycles. The number of anilines is 1. The number of rotatable bonds is 6. The Morgan fingerprint density at radius 2 is 1.94 bits per heavy atom. The smallest absolute Gasteiger partial charge is 0.240 e. The van der Waals surface area contributed by atoms with Gasteiger partial charge in [0.15, 0.2) is 0 Å². The lowest BCUT2D eigenvalue weighted by Gasteiger charge is -2.08. The lowest BCUT2D eigenvalue weighted by Crippen LogP contribution is -2.32. The summed E-state index contributed by atoms with van der Waals surface area (Å²) in [7, 11) is 0. The molecule has 3 heteroatoms. The quantitative estimate of drug-likeness (QED) is 0.743. The Morgan fingerprint density at radius 3 is 2.47 bits per heavy atom. The molecule has 1 aromatic carbocycles. The van der Waals surface area contributed by atoms with Crippen LogP contribution >= 0.6 is 0 Å². The van der Waals surface area contributed by atoms with Gasteiger partial charge in [-0.2, -0.15) is 0 Å². The highest BCUT2D eigenvalue weighted by Gasteiger charge is 2.06. The molecule has 0 saturated heterocycles. The van der Waals surface area contributed by atoms with Crippen LogP contribution in [0.4, 0.5) is 5.69 Å². The molecule has 94 valence electrons. The molecule has 0 aliphatic rings.